The molecule has 0 bridgehead atoms. The predicted molar refractivity (Wildman–Crippen MR) is 130 cm³/mol. The summed E-state index contributed by atoms with van der Waals surface area (Å²) in [5.74, 6) is 0.649. The maximum atomic E-state index is 6.07. The van der Waals surface area contributed by atoms with Crippen LogP contribution in [0.5, 0.6) is 0 Å². The van der Waals surface area contributed by atoms with Gasteiger partial charge >= 0.3 is 0 Å². The summed E-state index contributed by atoms with van der Waals surface area (Å²) in [7, 11) is 0.799. The molecule has 1 aliphatic rings. The van der Waals surface area contributed by atoms with Gasteiger partial charge in [-0.05, 0) is 78.5 Å². The average Bonchev–Trinajstić information content (AvgIpc) is 2.97. The standard InChI is InChI=1S/C26H34N2OSi/c1-16(2)11-19-13-23(28(5)15-25(19)30(6,7)8)21-14-22-20-10-9-18(4)27-26(20)29-24(22)12-17(21)3/h9-10,12-16,23H,11H2,1-8H3. The molecule has 0 saturated heterocycles. The number of furan rings is 1. The van der Waals surface area contributed by atoms with Crippen molar-refractivity contribution in [3.63, 3.8) is 0 Å². The lowest BCUT2D eigenvalue weighted by Gasteiger charge is -2.37. The number of nitrogens with zero attached hydrogens (tertiary/aromatic N) is 2. The Balaban J connectivity index is 1.86. The summed E-state index contributed by atoms with van der Waals surface area (Å²) in [4.78, 5) is 6.99. The highest BCUT2D eigenvalue weighted by Gasteiger charge is 2.30. The van der Waals surface area contributed by atoms with Crippen LogP contribution in [-0.4, -0.2) is 25.0 Å². The maximum Gasteiger partial charge on any atom is 0.227 e. The minimum Gasteiger partial charge on any atom is -0.438 e. The minimum absolute atomic E-state index is 0.242. The monoisotopic (exact) mass is 418 g/mol. The first-order valence-electron chi connectivity index (χ1n) is 11.0. The van der Waals surface area contributed by atoms with Crippen molar-refractivity contribution in [2.45, 2.75) is 59.8 Å². The predicted octanol–water partition coefficient (Wildman–Crippen LogP) is 7.32. The maximum absolute atomic E-state index is 6.07. The number of hydrogen-bond acceptors (Lipinski definition) is 3. The first-order valence-corrected chi connectivity index (χ1v) is 14.5. The zero-order valence-corrected chi connectivity index (χ0v) is 20.6. The Labute approximate surface area is 181 Å². The van der Waals surface area contributed by atoms with Gasteiger partial charge in [-0.3, -0.25) is 0 Å². The molecule has 30 heavy (non-hydrogen) atoms. The summed E-state index contributed by atoms with van der Waals surface area (Å²) in [5, 5.41) is 3.84. The molecule has 1 aromatic carbocycles. The van der Waals surface area contributed by atoms with Crippen LogP contribution in [0.2, 0.25) is 19.6 Å². The molecule has 158 valence electrons. The quantitative estimate of drug-likeness (QED) is 0.416. The van der Waals surface area contributed by atoms with E-state index >= 15 is 0 Å². The van der Waals surface area contributed by atoms with E-state index in [1.54, 1.807) is 10.8 Å². The van der Waals surface area contributed by atoms with Gasteiger partial charge < -0.3 is 9.32 Å². The molecule has 1 atom stereocenters. The molecule has 0 N–H and O–H groups in total. The van der Waals surface area contributed by atoms with Gasteiger partial charge in [0.2, 0.25) is 5.71 Å². The van der Waals surface area contributed by atoms with Crippen LogP contribution in [0.4, 0.5) is 0 Å². The third-order valence-corrected chi connectivity index (χ3v) is 8.16. The number of pyridine rings is 1. The second-order valence-electron chi connectivity index (χ2n) is 10.3. The molecule has 1 unspecified atom stereocenters. The van der Waals surface area contributed by atoms with Crippen molar-refractivity contribution in [1.29, 1.82) is 0 Å². The van der Waals surface area contributed by atoms with Crippen molar-refractivity contribution < 1.29 is 4.42 Å². The molecule has 3 heterocycles. The number of rotatable bonds is 4. The topological polar surface area (TPSA) is 29.3 Å². The van der Waals surface area contributed by atoms with E-state index in [4.69, 9.17) is 4.42 Å². The van der Waals surface area contributed by atoms with Crippen LogP contribution in [0, 0.1) is 19.8 Å². The van der Waals surface area contributed by atoms with Crippen molar-refractivity contribution in [1.82, 2.24) is 9.88 Å². The van der Waals surface area contributed by atoms with Gasteiger partial charge in [-0.25, -0.2) is 4.98 Å². The Morgan fingerprint density at radius 2 is 1.83 bits per heavy atom. The molecule has 0 saturated carbocycles. The van der Waals surface area contributed by atoms with E-state index in [1.807, 2.05) is 6.92 Å². The number of fused-ring (bicyclic) bond motifs is 3. The van der Waals surface area contributed by atoms with Crippen LogP contribution in [0.25, 0.3) is 22.1 Å². The summed E-state index contributed by atoms with van der Waals surface area (Å²) in [6.07, 6.45) is 6.09. The summed E-state index contributed by atoms with van der Waals surface area (Å²) in [6, 6.07) is 8.95. The normalized spacial score (nSPS) is 17.8. The third-order valence-electron chi connectivity index (χ3n) is 6.10. The Kier molecular flexibility index (Phi) is 5.17. The van der Waals surface area contributed by atoms with Crippen LogP contribution >= 0.6 is 0 Å². The minimum atomic E-state index is -1.42. The SMILES string of the molecule is Cc1ccc2c(n1)oc1cc(C)c(C3C=C(CC(C)C)C([Si](C)(C)C)=CN3C)cc12. The van der Waals surface area contributed by atoms with Gasteiger partial charge in [0, 0.05) is 23.5 Å². The van der Waals surface area contributed by atoms with Crippen molar-refractivity contribution in [3.8, 4) is 0 Å². The van der Waals surface area contributed by atoms with Crippen molar-refractivity contribution in [2.24, 2.45) is 5.92 Å². The molecular weight excluding hydrogens is 384 g/mol. The van der Waals surface area contributed by atoms with E-state index in [1.165, 1.54) is 11.1 Å². The van der Waals surface area contributed by atoms with Gasteiger partial charge in [-0.2, -0.15) is 0 Å². The molecule has 4 heteroatoms. The van der Waals surface area contributed by atoms with E-state index in [-0.39, 0.29) is 6.04 Å². The van der Waals surface area contributed by atoms with Crippen LogP contribution in [0.3, 0.4) is 0 Å². The van der Waals surface area contributed by atoms with Crippen LogP contribution in [-0.2, 0) is 0 Å². The fourth-order valence-corrected chi connectivity index (χ4v) is 6.34. The second-order valence-corrected chi connectivity index (χ2v) is 15.3. The molecule has 1 aliphatic heterocycles. The number of aromatic nitrogens is 1. The number of allylic oxidation sites excluding steroid dienone is 2. The van der Waals surface area contributed by atoms with Crippen LogP contribution < -0.4 is 0 Å². The molecule has 0 spiro atoms. The number of aryl methyl sites for hydroxylation is 2. The molecule has 0 radical (unpaired) electrons. The van der Waals surface area contributed by atoms with E-state index < -0.39 is 8.07 Å². The summed E-state index contributed by atoms with van der Waals surface area (Å²) in [6.45, 7) is 16.2. The first-order chi connectivity index (χ1) is 14.0. The van der Waals surface area contributed by atoms with Gasteiger partial charge in [0.15, 0.2) is 0 Å². The van der Waals surface area contributed by atoms with E-state index in [0.29, 0.717) is 5.92 Å². The lowest BCUT2D eigenvalue weighted by Crippen LogP contribution is -2.32. The zero-order valence-electron chi connectivity index (χ0n) is 19.6. The molecule has 0 amide bonds. The van der Waals surface area contributed by atoms with Crippen LogP contribution in [0.15, 0.2) is 51.7 Å². The van der Waals surface area contributed by atoms with Gasteiger partial charge in [0.05, 0.1) is 14.1 Å². The van der Waals surface area contributed by atoms with E-state index in [0.717, 1.165) is 34.2 Å². The lowest BCUT2D eigenvalue weighted by atomic mass is 9.92. The lowest BCUT2D eigenvalue weighted by molar-refractivity contribution is 0.382. The highest BCUT2D eigenvalue weighted by atomic mass is 28.3. The van der Waals surface area contributed by atoms with Gasteiger partial charge in [0.1, 0.15) is 5.58 Å². The van der Waals surface area contributed by atoms with Crippen molar-refractivity contribution in [2.75, 3.05) is 7.05 Å². The zero-order chi connectivity index (χ0) is 21.8. The Bertz CT molecular complexity index is 1180. The molecule has 4 rings (SSSR count). The van der Waals surface area contributed by atoms with Crippen molar-refractivity contribution >= 4 is 30.1 Å². The average molecular weight is 419 g/mol. The Morgan fingerprint density at radius 3 is 2.50 bits per heavy atom. The number of hydrogen-bond donors (Lipinski definition) is 0. The van der Waals surface area contributed by atoms with E-state index in [9.17, 15) is 0 Å². The van der Waals surface area contributed by atoms with Crippen LogP contribution in [0.1, 0.15) is 43.1 Å². The molecular formula is C26H34N2OSi. The Hall–Kier alpha value is -2.33. The van der Waals surface area contributed by atoms with Gasteiger partial charge in [0.25, 0.3) is 0 Å². The molecule has 0 fully saturated rings. The smallest absolute Gasteiger partial charge is 0.227 e. The first kappa shape index (κ1) is 20.9. The third kappa shape index (κ3) is 3.73. The summed E-state index contributed by atoms with van der Waals surface area (Å²) < 4.78 is 6.07. The summed E-state index contributed by atoms with van der Waals surface area (Å²) in [5.41, 5.74) is 6.79. The van der Waals surface area contributed by atoms with Gasteiger partial charge in [-0.15, -0.1) is 0 Å². The molecule has 3 aromatic rings. The number of likely N-dealkylation sites (N-methyl/N-ethyl adjacent to an activating group) is 1. The molecule has 3 nitrogen and oxygen atoms in total. The summed E-state index contributed by atoms with van der Waals surface area (Å²) >= 11 is 0. The largest absolute Gasteiger partial charge is 0.438 e. The fraction of sp³-hybridized carbons (Fsp3) is 0.423. The fourth-order valence-electron chi connectivity index (χ4n) is 4.60. The highest BCUT2D eigenvalue weighted by Crippen LogP contribution is 2.40. The molecule has 2 aromatic heterocycles. The van der Waals surface area contributed by atoms with E-state index in [2.05, 4.69) is 93.9 Å². The second kappa shape index (κ2) is 7.42. The van der Waals surface area contributed by atoms with Crippen molar-refractivity contribution in [3.05, 3.63) is 64.1 Å². The van der Waals surface area contributed by atoms with Gasteiger partial charge in [-0.1, -0.05) is 39.6 Å². The molecule has 0 aliphatic carbocycles. The highest BCUT2D eigenvalue weighted by molar-refractivity contribution is 6.84. The number of benzene rings is 1. The Morgan fingerprint density at radius 1 is 1.10 bits per heavy atom.